The van der Waals surface area contributed by atoms with Crippen LogP contribution < -0.4 is 10.2 Å². The highest BCUT2D eigenvalue weighted by molar-refractivity contribution is 7.18. The molecule has 0 spiro atoms. The van der Waals surface area contributed by atoms with Gasteiger partial charge in [-0.1, -0.05) is 0 Å². The zero-order chi connectivity index (χ0) is 13.4. The third kappa shape index (κ3) is 2.26. The lowest BCUT2D eigenvalue weighted by atomic mass is 10.1. The monoisotopic (exact) mass is 278 g/mol. The number of fused-ring (bicyclic) bond motifs is 1. The first-order valence-corrected chi connectivity index (χ1v) is 7.34. The van der Waals surface area contributed by atoms with Crippen LogP contribution in [0, 0.1) is 12.8 Å². The fourth-order valence-electron chi connectivity index (χ4n) is 2.55. The van der Waals surface area contributed by atoms with Crippen LogP contribution >= 0.6 is 11.3 Å². The third-order valence-electron chi connectivity index (χ3n) is 3.56. The van der Waals surface area contributed by atoms with E-state index in [2.05, 4.69) is 33.2 Å². The predicted octanol–water partition coefficient (Wildman–Crippen LogP) is 1.86. The summed E-state index contributed by atoms with van der Waals surface area (Å²) in [4.78, 5) is 13.7. The first kappa shape index (κ1) is 12.6. The van der Waals surface area contributed by atoms with Crippen LogP contribution in [0.2, 0.25) is 0 Å². The van der Waals surface area contributed by atoms with E-state index < -0.39 is 0 Å². The minimum atomic E-state index is 0.256. The van der Waals surface area contributed by atoms with Gasteiger partial charge in [-0.25, -0.2) is 4.98 Å². The molecule has 1 saturated heterocycles. The molecule has 1 aliphatic heterocycles. The Bertz CT molecular complexity index is 598. The first-order valence-electron chi connectivity index (χ1n) is 6.53. The zero-order valence-corrected chi connectivity index (χ0v) is 12.0. The van der Waals surface area contributed by atoms with Gasteiger partial charge in [-0.15, -0.1) is 11.3 Å². The summed E-state index contributed by atoms with van der Waals surface area (Å²) >= 11 is 1.69. The molecule has 1 aliphatic rings. The van der Waals surface area contributed by atoms with Crippen molar-refractivity contribution < 1.29 is 5.11 Å². The number of nitrogens with zero attached hydrogens (tertiary/aromatic N) is 3. The third-order valence-corrected chi connectivity index (χ3v) is 4.51. The summed E-state index contributed by atoms with van der Waals surface area (Å²) in [6.07, 6.45) is 1.03. The van der Waals surface area contributed by atoms with E-state index in [0.717, 1.165) is 35.5 Å². The molecule has 5 nitrogen and oxygen atoms in total. The van der Waals surface area contributed by atoms with Crippen LogP contribution in [-0.2, 0) is 0 Å². The van der Waals surface area contributed by atoms with Crippen LogP contribution in [0.5, 0.6) is 0 Å². The van der Waals surface area contributed by atoms with Crippen molar-refractivity contribution in [3.05, 3.63) is 10.9 Å². The molecule has 0 aliphatic carbocycles. The second-order valence-electron chi connectivity index (χ2n) is 4.98. The largest absolute Gasteiger partial charge is 0.396 e. The van der Waals surface area contributed by atoms with Crippen LogP contribution in [0.3, 0.4) is 0 Å². The highest BCUT2D eigenvalue weighted by Crippen LogP contribution is 2.33. The van der Waals surface area contributed by atoms with Crippen molar-refractivity contribution in [1.29, 1.82) is 0 Å². The number of rotatable bonds is 3. The molecule has 102 valence electrons. The molecule has 0 radical (unpaired) electrons. The van der Waals surface area contributed by atoms with Crippen molar-refractivity contribution >= 4 is 33.3 Å². The number of aliphatic hydroxyl groups is 1. The summed E-state index contributed by atoms with van der Waals surface area (Å²) in [5, 5.41) is 13.4. The molecule has 19 heavy (non-hydrogen) atoms. The highest BCUT2D eigenvalue weighted by atomic mass is 32.1. The van der Waals surface area contributed by atoms with Gasteiger partial charge in [-0.05, 0) is 19.4 Å². The van der Waals surface area contributed by atoms with Gasteiger partial charge in [-0.2, -0.15) is 4.98 Å². The summed E-state index contributed by atoms with van der Waals surface area (Å²) in [6.45, 7) is 4.18. The molecule has 2 N–H and O–H groups in total. The number of thiophene rings is 1. The van der Waals surface area contributed by atoms with Crippen molar-refractivity contribution in [2.24, 2.45) is 5.92 Å². The fraction of sp³-hybridized carbons (Fsp3) is 0.538. The van der Waals surface area contributed by atoms with Crippen LogP contribution in [0.4, 0.5) is 11.8 Å². The van der Waals surface area contributed by atoms with Gasteiger partial charge in [0.1, 0.15) is 10.6 Å². The molecule has 0 aromatic carbocycles. The van der Waals surface area contributed by atoms with E-state index in [1.54, 1.807) is 11.3 Å². The van der Waals surface area contributed by atoms with E-state index in [9.17, 15) is 5.11 Å². The molecule has 2 aromatic rings. The van der Waals surface area contributed by atoms with Gasteiger partial charge in [0.25, 0.3) is 0 Å². The Hall–Kier alpha value is -1.40. The lowest BCUT2D eigenvalue weighted by molar-refractivity contribution is 0.238. The Balaban J connectivity index is 2.06. The molecular weight excluding hydrogens is 260 g/mol. The van der Waals surface area contributed by atoms with Crippen LogP contribution in [0.25, 0.3) is 10.2 Å². The topological polar surface area (TPSA) is 61.3 Å². The molecule has 0 bridgehead atoms. The number of anilines is 2. The lowest BCUT2D eigenvalue weighted by Gasteiger charge is -2.18. The number of hydrogen-bond donors (Lipinski definition) is 2. The molecule has 1 fully saturated rings. The summed E-state index contributed by atoms with van der Waals surface area (Å²) in [5.41, 5.74) is 0. The molecule has 3 rings (SSSR count). The SMILES string of the molecule is CNc1nc(N2CCC(CO)C2)c2cc(C)sc2n1. The predicted molar refractivity (Wildman–Crippen MR) is 79.1 cm³/mol. The van der Waals surface area contributed by atoms with E-state index in [0.29, 0.717) is 11.9 Å². The lowest BCUT2D eigenvalue weighted by Crippen LogP contribution is -2.22. The maximum Gasteiger partial charge on any atom is 0.225 e. The van der Waals surface area contributed by atoms with Gasteiger partial charge in [0.15, 0.2) is 0 Å². The van der Waals surface area contributed by atoms with Crippen LogP contribution in [0.1, 0.15) is 11.3 Å². The molecule has 0 amide bonds. The quantitative estimate of drug-likeness (QED) is 0.897. The second-order valence-corrected chi connectivity index (χ2v) is 6.21. The minimum absolute atomic E-state index is 0.256. The molecular formula is C13H18N4OS. The van der Waals surface area contributed by atoms with Gasteiger partial charge in [0.05, 0.1) is 5.39 Å². The first-order chi connectivity index (χ1) is 9.21. The zero-order valence-electron chi connectivity index (χ0n) is 11.2. The van der Waals surface area contributed by atoms with Gasteiger partial charge < -0.3 is 15.3 Å². The fourth-order valence-corrected chi connectivity index (χ4v) is 3.43. The van der Waals surface area contributed by atoms with E-state index >= 15 is 0 Å². The van der Waals surface area contributed by atoms with E-state index in [1.807, 2.05) is 7.05 Å². The highest BCUT2D eigenvalue weighted by Gasteiger charge is 2.25. The summed E-state index contributed by atoms with van der Waals surface area (Å²) in [7, 11) is 1.84. The summed E-state index contributed by atoms with van der Waals surface area (Å²) in [5.74, 6) is 2.02. The molecule has 1 unspecified atom stereocenters. The number of nitrogens with one attached hydrogen (secondary N) is 1. The Kier molecular flexibility index (Phi) is 3.28. The summed E-state index contributed by atoms with van der Waals surface area (Å²) < 4.78 is 0. The average Bonchev–Trinajstić information content (AvgIpc) is 3.02. The number of hydrogen-bond acceptors (Lipinski definition) is 6. The van der Waals surface area contributed by atoms with E-state index in [4.69, 9.17) is 0 Å². The molecule has 3 heterocycles. The van der Waals surface area contributed by atoms with Gasteiger partial charge in [-0.3, -0.25) is 0 Å². The molecule has 1 atom stereocenters. The number of aromatic nitrogens is 2. The van der Waals surface area contributed by atoms with Gasteiger partial charge in [0.2, 0.25) is 5.95 Å². The van der Waals surface area contributed by atoms with Crippen molar-refractivity contribution in [2.75, 3.05) is 37.0 Å². The maximum atomic E-state index is 9.28. The number of aryl methyl sites for hydroxylation is 1. The van der Waals surface area contributed by atoms with Gasteiger partial charge >= 0.3 is 0 Å². The van der Waals surface area contributed by atoms with Crippen LogP contribution in [-0.4, -0.2) is 41.8 Å². The molecule has 6 heteroatoms. The van der Waals surface area contributed by atoms with Crippen LogP contribution in [0.15, 0.2) is 6.07 Å². The minimum Gasteiger partial charge on any atom is -0.396 e. The van der Waals surface area contributed by atoms with Crippen molar-refractivity contribution in [3.63, 3.8) is 0 Å². The Morgan fingerprint density at radius 2 is 2.37 bits per heavy atom. The Morgan fingerprint density at radius 1 is 1.53 bits per heavy atom. The maximum absolute atomic E-state index is 9.28. The van der Waals surface area contributed by atoms with E-state index in [1.165, 1.54) is 4.88 Å². The second kappa shape index (κ2) is 4.94. The smallest absolute Gasteiger partial charge is 0.225 e. The Morgan fingerprint density at radius 3 is 3.05 bits per heavy atom. The normalized spacial score (nSPS) is 19.3. The Labute approximate surface area is 116 Å². The van der Waals surface area contributed by atoms with Crippen molar-refractivity contribution in [2.45, 2.75) is 13.3 Å². The van der Waals surface area contributed by atoms with Crippen molar-refractivity contribution in [3.8, 4) is 0 Å². The average molecular weight is 278 g/mol. The van der Waals surface area contributed by atoms with Crippen molar-refractivity contribution in [1.82, 2.24) is 9.97 Å². The van der Waals surface area contributed by atoms with E-state index in [-0.39, 0.29) is 6.61 Å². The number of aliphatic hydroxyl groups excluding tert-OH is 1. The molecule has 0 saturated carbocycles. The standard InChI is InChI=1S/C13H18N4OS/c1-8-5-10-11(17-4-3-9(6-17)7-18)15-13(14-2)16-12(10)19-8/h5,9,18H,3-4,6-7H2,1-2H3,(H,14,15,16). The molecule has 2 aromatic heterocycles. The summed E-state index contributed by atoms with van der Waals surface area (Å²) in [6, 6.07) is 2.15. The van der Waals surface area contributed by atoms with Gasteiger partial charge in [0, 0.05) is 37.5 Å².